The van der Waals surface area contributed by atoms with E-state index in [1.165, 1.54) is 25.7 Å². The van der Waals surface area contributed by atoms with Crippen molar-refractivity contribution in [2.75, 3.05) is 0 Å². The summed E-state index contributed by atoms with van der Waals surface area (Å²) < 4.78 is 0. The van der Waals surface area contributed by atoms with Crippen LogP contribution >= 0.6 is 0 Å². The van der Waals surface area contributed by atoms with Gasteiger partial charge >= 0.3 is 0 Å². The molecule has 1 aliphatic carbocycles. The topological polar surface area (TPSA) is 39.4 Å². The zero-order chi connectivity index (χ0) is 6.95. The Morgan fingerprint density at radius 2 is 1.56 bits per heavy atom. The first-order chi connectivity index (χ1) is 4.41. The van der Waals surface area contributed by atoms with Crippen LogP contribution in [0.3, 0.4) is 0 Å². The van der Waals surface area contributed by atoms with Crippen molar-refractivity contribution >= 4 is 6.08 Å². The third-order valence-electron chi connectivity index (χ3n) is 1.16. The smallest absolute Gasteiger partial charge is 0.0159 e. The summed E-state index contributed by atoms with van der Waals surface area (Å²) in [6.07, 6.45) is 10.5. The standard InChI is InChI=1S/C6H10.CNO/c1-2-4-6-5-3-1;2-1-3/h1-2H,3-6H2;/q;-1. The van der Waals surface area contributed by atoms with E-state index in [2.05, 4.69) is 12.2 Å². The molecule has 0 bridgehead atoms. The van der Waals surface area contributed by atoms with Crippen LogP contribution in [0.2, 0.25) is 0 Å². The quantitative estimate of drug-likeness (QED) is 0.276. The Balaban J connectivity index is 0.000000187. The van der Waals surface area contributed by atoms with Crippen molar-refractivity contribution in [1.29, 1.82) is 0 Å². The molecule has 0 aromatic carbocycles. The third kappa shape index (κ3) is 7.12. The molecule has 9 heavy (non-hydrogen) atoms. The van der Waals surface area contributed by atoms with Crippen LogP contribution in [0.15, 0.2) is 12.2 Å². The van der Waals surface area contributed by atoms with Gasteiger partial charge < -0.3 is 5.41 Å². The summed E-state index contributed by atoms with van der Waals surface area (Å²) >= 11 is 0. The maximum Gasteiger partial charge on any atom is -0.0159 e. The number of carbonyl (C=O) groups excluding carboxylic acids is 1. The minimum atomic E-state index is 0.500. The molecule has 0 aromatic heterocycles. The van der Waals surface area contributed by atoms with Gasteiger partial charge in [-0.05, 0) is 31.8 Å². The molecular weight excluding hydrogens is 114 g/mol. The highest BCUT2D eigenvalue weighted by molar-refractivity contribution is 5.36. The number of nitrogens with zero attached hydrogens (tertiary/aromatic N) is 1. The normalized spacial score (nSPS) is 15.1. The number of hydrogen-bond acceptors (Lipinski definition) is 1. The number of isocyanates is 1. The van der Waals surface area contributed by atoms with E-state index in [9.17, 15) is 0 Å². The zero-order valence-corrected chi connectivity index (χ0v) is 5.34. The Hall–Kier alpha value is -0.880. The van der Waals surface area contributed by atoms with Gasteiger partial charge in [-0.25, -0.2) is 0 Å². The Morgan fingerprint density at radius 3 is 1.67 bits per heavy atom. The first-order valence-corrected chi connectivity index (χ1v) is 3.08. The molecule has 0 spiro atoms. The largest absolute Gasteiger partial charge is 0.724 e. The lowest BCUT2D eigenvalue weighted by molar-refractivity contribution is 0.569. The van der Waals surface area contributed by atoms with Crippen molar-refractivity contribution in [2.24, 2.45) is 0 Å². The van der Waals surface area contributed by atoms with Crippen LogP contribution in [0.5, 0.6) is 0 Å². The highest BCUT2D eigenvalue weighted by Gasteiger charge is 1.87. The fraction of sp³-hybridized carbons (Fsp3) is 0.571. The number of hydrogen-bond donors (Lipinski definition) is 0. The van der Waals surface area contributed by atoms with Crippen LogP contribution in [0.1, 0.15) is 25.7 Å². The van der Waals surface area contributed by atoms with Crippen LogP contribution in [-0.2, 0) is 4.79 Å². The van der Waals surface area contributed by atoms with E-state index in [1.54, 1.807) is 0 Å². The van der Waals surface area contributed by atoms with Gasteiger partial charge in [-0.2, -0.15) is 0 Å². The van der Waals surface area contributed by atoms with Crippen LogP contribution in [0.4, 0.5) is 0 Å². The second-order valence-corrected chi connectivity index (χ2v) is 1.85. The van der Waals surface area contributed by atoms with Gasteiger partial charge in [0.2, 0.25) is 0 Å². The first-order valence-electron chi connectivity index (χ1n) is 3.08. The lowest BCUT2D eigenvalue weighted by Crippen LogP contribution is -1.77. The molecule has 1 rings (SSSR count). The third-order valence-corrected chi connectivity index (χ3v) is 1.16. The van der Waals surface area contributed by atoms with Gasteiger partial charge in [-0.3, -0.25) is 4.79 Å². The molecule has 0 aromatic rings. The Labute approximate surface area is 55.1 Å². The summed E-state index contributed by atoms with van der Waals surface area (Å²) in [5.41, 5.74) is 0. The van der Waals surface area contributed by atoms with E-state index in [0.717, 1.165) is 0 Å². The van der Waals surface area contributed by atoms with Crippen molar-refractivity contribution in [3.05, 3.63) is 17.6 Å². The van der Waals surface area contributed by atoms with Crippen LogP contribution in [0.25, 0.3) is 5.41 Å². The predicted molar refractivity (Wildman–Crippen MR) is 36.7 cm³/mol. The van der Waals surface area contributed by atoms with Gasteiger partial charge in [0.1, 0.15) is 0 Å². The van der Waals surface area contributed by atoms with E-state index in [-0.39, 0.29) is 0 Å². The van der Waals surface area contributed by atoms with Crippen molar-refractivity contribution in [1.82, 2.24) is 0 Å². The minimum absolute atomic E-state index is 0.500. The average molecular weight is 124 g/mol. The molecule has 0 saturated carbocycles. The van der Waals surface area contributed by atoms with Crippen molar-refractivity contribution in [3.8, 4) is 0 Å². The molecule has 2 heteroatoms. The highest BCUT2D eigenvalue weighted by atomic mass is 16.1. The summed E-state index contributed by atoms with van der Waals surface area (Å²) in [7, 11) is 0. The summed E-state index contributed by atoms with van der Waals surface area (Å²) in [5, 5.41) is 6.76. The Kier molecular flexibility index (Phi) is 6.42. The summed E-state index contributed by atoms with van der Waals surface area (Å²) in [6, 6.07) is 0. The highest BCUT2D eigenvalue weighted by Crippen LogP contribution is 2.07. The van der Waals surface area contributed by atoms with Crippen molar-refractivity contribution < 1.29 is 4.79 Å². The van der Waals surface area contributed by atoms with Gasteiger partial charge in [0.05, 0.1) is 0 Å². The maximum atomic E-state index is 8.24. The van der Waals surface area contributed by atoms with Gasteiger partial charge in [0.15, 0.2) is 0 Å². The lowest BCUT2D eigenvalue weighted by atomic mass is 10.1. The van der Waals surface area contributed by atoms with Crippen LogP contribution in [0, 0.1) is 0 Å². The first kappa shape index (κ1) is 8.12. The molecule has 1 aliphatic rings. The minimum Gasteiger partial charge on any atom is -0.724 e. The molecule has 0 atom stereocenters. The van der Waals surface area contributed by atoms with E-state index in [0.29, 0.717) is 6.08 Å². The fourth-order valence-electron chi connectivity index (χ4n) is 0.760. The Bertz CT molecular complexity index is 104. The molecule has 50 valence electrons. The predicted octanol–water partition coefficient (Wildman–Crippen LogP) is 2.01. The lowest BCUT2D eigenvalue weighted by Gasteiger charge is -1.97. The molecule has 2 nitrogen and oxygen atoms in total. The molecule has 0 heterocycles. The SMILES string of the molecule is C1=CCCCC1.[N-]=C=O. The number of allylic oxidation sites excluding steroid dienone is 2. The monoisotopic (exact) mass is 124 g/mol. The molecule has 0 aliphatic heterocycles. The molecule has 0 amide bonds. The Morgan fingerprint density at radius 1 is 1.22 bits per heavy atom. The van der Waals surface area contributed by atoms with E-state index in [4.69, 9.17) is 10.2 Å². The van der Waals surface area contributed by atoms with E-state index >= 15 is 0 Å². The van der Waals surface area contributed by atoms with Gasteiger partial charge in [-0.15, -0.1) is 0 Å². The average Bonchev–Trinajstić information content (AvgIpc) is 1.93. The summed E-state index contributed by atoms with van der Waals surface area (Å²) in [6.45, 7) is 0. The molecule has 0 fully saturated rings. The zero-order valence-electron chi connectivity index (χ0n) is 5.34. The molecule has 0 N–H and O–H groups in total. The summed E-state index contributed by atoms with van der Waals surface area (Å²) in [4.78, 5) is 8.24. The molecule has 0 saturated heterocycles. The van der Waals surface area contributed by atoms with E-state index in [1.807, 2.05) is 0 Å². The van der Waals surface area contributed by atoms with Crippen molar-refractivity contribution in [3.63, 3.8) is 0 Å². The molecule has 0 radical (unpaired) electrons. The molecule has 0 unspecified atom stereocenters. The van der Waals surface area contributed by atoms with Gasteiger partial charge in [0, 0.05) is 0 Å². The van der Waals surface area contributed by atoms with Gasteiger partial charge in [-0.1, -0.05) is 12.2 Å². The number of rotatable bonds is 0. The van der Waals surface area contributed by atoms with Crippen molar-refractivity contribution in [2.45, 2.75) is 25.7 Å². The summed E-state index contributed by atoms with van der Waals surface area (Å²) in [5.74, 6) is 0. The maximum absolute atomic E-state index is 8.24. The van der Waals surface area contributed by atoms with Crippen LogP contribution in [-0.4, -0.2) is 6.08 Å². The second kappa shape index (κ2) is 7.12. The van der Waals surface area contributed by atoms with Gasteiger partial charge in [0.25, 0.3) is 0 Å². The van der Waals surface area contributed by atoms with Crippen LogP contribution < -0.4 is 0 Å². The molecular formula is C7H10NO-. The van der Waals surface area contributed by atoms with E-state index < -0.39 is 0 Å². The fourth-order valence-corrected chi connectivity index (χ4v) is 0.760. The second-order valence-electron chi connectivity index (χ2n) is 1.85.